The molecule has 0 aliphatic rings. The number of anilines is 1. The minimum Gasteiger partial charge on any atom is -0.293 e. The second-order valence-electron chi connectivity index (χ2n) is 5.86. The summed E-state index contributed by atoms with van der Waals surface area (Å²) in [5.74, 6) is -0.184. The van der Waals surface area contributed by atoms with Crippen molar-refractivity contribution in [2.45, 2.75) is 11.8 Å². The van der Waals surface area contributed by atoms with Crippen molar-refractivity contribution in [2.75, 3.05) is 10.5 Å². The van der Waals surface area contributed by atoms with Crippen LogP contribution < -0.4 is 4.72 Å². The number of rotatable bonds is 6. The second-order valence-corrected chi connectivity index (χ2v) is 8.69. The SMILES string of the molecule is CC(=O)SCC(=O)c1ccc(S(=O)(=O)Nc2cccc3ccccc23)cc1. The zero-order chi connectivity index (χ0) is 19.4. The Morgan fingerprint density at radius 3 is 2.30 bits per heavy atom. The van der Waals surface area contributed by atoms with Crippen molar-refractivity contribution in [3.63, 3.8) is 0 Å². The summed E-state index contributed by atoms with van der Waals surface area (Å²) in [5, 5.41) is 1.60. The Morgan fingerprint density at radius 1 is 0.926 bits per heavy atom. The lowest BCUT2D eigenvalue weighted by atomic mass is 10.1. The zero-order valence-corrected chi connectivity index (χ0v) is 16.1. The Balaban J connectivity index is 1.82. The molecule has 3 aromatic carbocycles. The largest absolute Gasteiger partial charge is 0.293 e. The number of carbonyl (C=O) groups excluding carboxylic acids is 2. The number of carbonyl (C=O) groups is 2. The van der Waals surface area contributed by atoms with Gasteiger partial charge in [-0.25, -0.2) is 8.42 Å². The molecule has 3 rings (SSSR count). The minimum absolute atomic E-state index is 0.0374. The van der Waals surface area contributed by atoms with Gasteiger partial charge in [-0.15, -0.1) is 0 Å². The maximum Gasteiger partial charge on any atom is 0.261 e. The number of Topliss-reactive ketones (excluding diaryl/α,β-unsaturated/α-hetero) is 1. The summed E-state index contributed by atoms with van der Waals surface area (Å²) >= 11 is 0.928. The first kappa shape index (κ1) is 19.1. The molecule has 0 aliphatic heterocycles. The Bertz CT molecular complexity index is 1100. The molecule has 0 heterocycles. The van der Waals surface area contributed by atoms with Gasteiger partial charge >= 0.3 is 0 Å². The molecule has 0 saturated carbocycles. The van der Waals surface area contributed by atoms with E-state index < -0.39 is 10.0 Å². The van der Waals surface area contributed by atoms with Gasteiger partial charge in [-0.2, -0.15) is 0 Å². The van der Waals surface area contributed by atoms with Crippen LogP contribution in [0.25, 0.3) is 10.8 Å². The zero-order valence-electron chi connectivity index (χ0n) is 14.5. The van der Waals surface area contributed by atoms with Crippen LogP contribution in [-0.2, 0) is 14.8 Å². The summed E-state index contributed by atoms with van der Waals surface area (Å²) in [6.07, 6.45) is 0. The Kier molecular flexibility index (Phi) is 5.62. The first-order chi connectivity index (χ1) is 12.9. The van der Waals surface area contributed by atoms with E-state index in [1.54, 1.807) is 12.1 Å². The predicted molar refractivity (Wildman–Crippen MR) is 109 cm³/mol. The van der Waals surface area contributed by atoms with Crippen LogP contribution in [0.3, 0.4) is 0 Å². The molecule has 1 N–H and O–H groups in total. The Labute approximate surface area is 161 Å². The van der Waals surface area contributed by atoms with Crippen molar-refractivity contribution < 1.29 is 18.0 Å². The minimum atomic E-state index is -3.79. The summed E-state index contributed by atoms with van der Waals surface area (Å²) in [5.41, 5.74) is 0.860. The summed E-state index contributed by atoms with van der Waals surface area (Å²) in [4.78, 5) is 23.0. The quantitative estimate of drug-likeness (QED) is 0.631. The van der Waals surface area contributed by atoms with Gasteiger partial charge in [0.2, 0.25) is 0 Å². The fourth-order valence-electron chi connectivity index (χ4n) is 2.59. The smallest absolute Gasteiger partial charge is 0.261 e. The normalized spacial score (nSPS) is 11.3. The molecule has 5 nitrogen and oxygen atoms in total. The van der Waals surface area contributed by atoms with Gasteiger partial charge in [-0.3, -0.25) is 14.3 Å². The van der Waals surface area contributed by atoms with E-state index in [0.717, 1.165) is 22.5 Å². The van der Waals surface area contributed by atoms with E-state index in [-0.39, 0.29) is 21.5 Å². The van der Waals surface area contributed by atoms with E-state index in [4.69, 9.17) is 0 Å². The van der Waals surface area contributed by atoms with E-state index in [1.807, 2.05) is 30.3 Å². The lowest BCUT2D eigenvalue weighted by Crippen LogP contribution is -2.13. The highest BCUT2D eigenvalue weighted by molar-refractivity contribution is 8.14. The maximum atomic E-state index is 12.7. The predicted octanol–water partition coefficient (Wildman–Crippen LogP) is 4.10. The van der Waals surface area contributed by atoms with Crippen LogP contribution in [0.4, 0.5) is 5.69 Å². The standard InChI is InChI=1S/C20H17NO4S2/c1-14(22)26-13-20(23)16-9-11-17(12-10-16)27(24,25)21-19-8-4-6-15-5-2-3-7-18(15)19/h2-12,21H,13H2,1H3. The van der Waals surface area contributed by atoms with E-state index >= 15 is 0 Å². The molecule has 27 heavy (non-hydrogen) atoms. The lowest BCUT2D eigenvalue weighted by molar-refractivity contribution is -0.109. The molecule has 0 radical (unpaired) electrons. The third-order valence-electron chi connectivity index (χ3n) is 3.93. The second kappa shape index (κ2) is 7.94. The van der Waals surface area contributed by atoms with Crippen molar-refractivity contribution in [3.8, 4) is 0 Å². The highest BCUT2D eigenvalue weighted by Gasteiger charge is 2.16. The third kappa shape index (κ3) is 4.56. The summed E-state index contributed by atoms with van der Waals surface area (Å²) in [7, 11) is -3.79. The van der Waals surface area contributed by atoms with Crippen LogP contribution in [0, 0.1) is 0 Å². The summed E-state index contributed by atoms with van der Waals surface area (Å²) in [6.45, 7) is 1.40. The van der Waals surface area contributed by atoms with Gasteiger partial charge in [-0.1, -0.05) is 60.3 Å². The number of benzene rings is 3. The molecule has 0 spiro atoms. The van der Waals surface area contributed by atoms with Gasteiger partial charge in [0, 0.05) is 17.9 Å². The highest BCUT2D eigenvalue weighted by atomic mass is 32.2. The molecule has 0 atom stereocenters. The van der Waals surface area contributed by atoms with Crippen LogP contribution in [-0.4, -0.2) is 25.1 Å². The van der Waals surface area contributed by atoms with Gasteiger partial charge in [0.15, 0.2) is 10.9 Å². The van der Waals surface area contributed by atoms with Crippen molar-refractivity contribution in [1.29, 1.82) is 0 Å². The Morgan fingerprint density at radius 2 is 1.59 bits per heavy atom. The number of nitrogens with one attached hydrogen (secondary N) is 1. The number of sulfonamides is 1. The van der Waals surface area contributed by atoms with Gasteiger partial charge in [-0.05, 0) is 23.6 Å². The molecule has 0 unspecified atom stereocenters. The molecule has 138 valence electrons. The molecule has 0 saturated heterocycles. The number of thioether (sulfide) groups is 1. The van der Waals surface area contributed by atoms with Crippen LogP contribution in [0.15, 0.2) is 71.6 Å². The first-order valence-electron chi connectivity index (χ1n) is 8.14. The average Bonchev–Trinajstić information content (AvgIpc) is 2.66. The molecule has 0 aromatic heterocycles. The average molecular weight is 399 g/mol. The lowest BCUT2D eigenvalue weighted by Gasteiger charge is -2.11. The van der Waals surface area contributed by atoms with Gasteiger partial charge in [0.1, 0.15) is 0 Å². The number of fused-ring (bicyclic) bond motifs is 1. The molecule has 0 bridgehead atoms. The number of ketones is 1. The first-order valence-corrected chi connectivity index (χ1v) is 10.6. The molecule has 0 fully saturated rings. The van der Waals surface area contributed by atoms with Crippen molar-refractivity contribution in [2.24, 2.45) is 0 Å². The molecule has 3 aromatic rings. The molecule has 0 amide bonds. The summed E-state index contributed by atoms with van der Waals surface area (Å²) < 4.78 is 28.0. The van der Waals surface area contributed by atoms with E-state index in [0.29, 0.717) is 11.3 Å². The highest BCUT2D eigenvalue weighted by Crippen LogP contribution is 2.25. The van der Waals surface area contributed by atoms with Crippen LogP contribution >= 0.6 is 11.8 Å². The van der Waals surface area contributed by atoms with E-state index in [1.165, 1.54) is 31.2 Å². The van der Waals surface area contributed by atoms with Crippen molar-refractivity contribution in [1.82, 2.24) is 0 Å². The topological polar surface area (TPSA) is 80.3 Å². The van der Waals surface area contributed by atoms with Gasteiger partial charge in [0.05, 0.1) is 16.3 Å². The Hall–Kier alpha value is -2.64. The fourth-order valence-corrected chi connectivity index (χ4v) is 4.17. The van der Waals surface area contributed by atoms with Crippen LogP contribution in [0.1, 0.15) is 17.3 Å². The van der Waals surface area contributed by atoms with E-state index in [2.05, 4.69) is 4.72 Å². The fraction of sp³-hybridized carbons (Fsp3) is 0.100. The van der Waals surface area contributed by atoms with Crippen LogP contribution in [0.2, 0.25) is 0 Å². The molecule has 0 aliphatic carbocycles. The van der Waals surface area contributed by atoms with Crippen molar-refractivity contribution in [3.05, 3.63) is 72.3 Å². The molecular weight excluding hydrogens is 382 g/mol. The monoisotopic (exact) mass is 399 g/mol. The molecular formula is C20H17NO4S2. The number of hydrogen-bond acceptors (Lipinski definition) is 5. The number of hydrogen-bond donors (Lipinski definition) is 1. The van der Waals surface area contributed by atoms with Gasteiger partial charge < -0.3 is 0 Å². The van der Waals surface area contributed by atoms with E-state index in [9.17, 15) is 18.0 Å². The maximum absolute atomic E-state index is 12.7. The van der Waals surface area contributed by atoms with Crippen LogP contribution in [0.5, 0.6) is 0 Å². The molecule has 7 heteroatoms. The van der Waals surface area contributed by atoms with Crippen molar-refractivity contribution >= 4 is 49.1 Å². The third-order valence-corrected chi connectivity index (χ3v) is 6.12. The van der Waals surface area contributed by atoms with Gasteiger partial charge in [0.25, 0.3) is 10.0 Å². The summed E-state index contributed by atoms with van der Waals surface area (Å²) in [6, 6.07) is 18.6.